The van der Waals surface area contributed by atoms with Crippen LogP contribution in [0.2, 0.25) is 0 Å². The van der Waals surface area contributed by atoms with Crippen LogP contribution in [0.4, 0.5) is 17.1 Å². The van der Waals surface area contributed by atoms with Gasteiger partial charge in [0.1, 0.15) is 23.0 Å². The van der Waals surface area contributed by atoms with Crippen LogP contribution >= 0.6 is 0 Å². The Hall–Kier alpha value is -4.32. The lowest BCUT2D eigenvalue weighted by atomic mass is 9.43. The van der Waals surface area contributed by atoms with Gasteiger partial charge in [-0.15, -0.1) is 0 Å². The van der Waals surface area contributed by atoms with Crippen molar-refractivity contribution in [3.05, 3.63) is 88.0 Å². The molecule has 12 aliphatic carbocycles. The predicted octanol–water partition coefficient (Wildman–Crippen LogP) is 14.1. The maximum absolute atomic E-state index is 7.96. The van der Waals surface area contributed by atoms with Gasteiger partial charge in [0.15, 0.2) is 11.5 Å². The SMILES string of the molecule is Cc1ccc(Oc2c(Oc3ccc(C)c(N)c3)c(C34CC5CC(CC(C5)C3)C4)c(C34CC5CC(CC(C5)C3)C4)c(Oc3ccc(C)c(N)c3)c2C23CC4CC(CC(C4)C2)C3)cc1N. The zero-order valence-corrected chi connectivity index (χ0v) is 38.1. The van der Waals surface area contributed by atoms with Crippen LogP contribution in [0.25, 0.3) is 0 Å². The lowest BCUT2D eigenvalue weighted by molar-refractivity contribution is -0.0205. The van der Waals surface area contributed by atoms with Crippen LogP contribution in [0.5, 0.6) is 34.5 Å². The molecule has 0 saturated heterocycles. The first-order valence-corrected chi connectivity index (χ1v) is 25.3. The molecule has 12 fully saturated rings. The number of anilines is 3. The molecule has 0 aromatic heterocycles. The molecule has 4 aromatic carbocycles. The summed E-state index contributed by atoms with van der Waals surface area (Å²) < 4.78 is 23.5. The van der Waals surface area contributed by atoms with Crippen molar-refractivity contribution in [2.75, 3.05) is 17.2 Å². The molecule has 12 aliphatic rings. The van der Waals surface area contributed by atoms with Gasteiger partial charge in [0, 0.05) is 68.2 Å². The van der Waals surface area contributed by atoms with Crippen molar-refractivity contribution in [3.8, 4) is 34.5 Å². The molecule has 63 heavy (non-hydrogen) atoms. The fourth-order valence-electron chi connectivity index (χ4n) is 18.1. The van der Waals surface area contributed by atoms with E-state index in [1.165, 1.54) is 132 Å². The fraction of sp³-hybridized carbons (Fsp3) is 0.579. The lowest BCUT2D eigenvalue weighted by Gasteiger charge is -2.62. The zero-order valence-electron chi connectivity index (χ0n) is 38.1. The van der Waals surface area contributed by atoms with Gasteiger partial charge in [-0.3, -0.25) is 0 Å². The molecular weight excluding hydrogens is 775 g/mol. The summed E-state index contributed by atoms with van der Waals surface area (Å²) in [6.07, 6.45) is 23.3. The molecule has 16 rings (SSSR count). The molecule has 0 heterocycles. The van der Waals surface area contributed by atoms with Crippen molar-refractivity contribution in [1.29, 1.82) is 0 Å². The third kappa shape index (κ3) is 6.21. The summed E-state index contributed by atoms with van der Waals surface area (Å²) in [5.74, 6) is 12.0. The third-order valence-electron chi connectivity index (χ3n) is 19.5. The van der Waals surface area contributed by atoms with E-state index in [9.17, 15) is 0 Å². The summed E-state index contributed by atoms with van der Waals surface area (Å²) in [5.41, 5.74) is 30.0. The van der Waals surface area contributed by atoms with Crippen LogP contribution in [0.15, 0.2) is 54.6 Å². The number of nitrogen functional groups attached to an aromatic ring is 3. The summed E-state index contributed by atoms with van der Waals surface area (Å²) in [6, 6.07) is 19.1. The summed E-state index contributed by atoms with van der Waals surface area (Å²) in [6.45, 7) is 6.28. The first-order chi connectivity index (χ1) is 30.4. The Balaban J connectivity index is 1.18. The average Bonchev–Trinajstić information content (AvgIpc) is 3.21. The van der Waals surface area contributed by atoms with E-state index in [-0.39, 0.29) is 16.2 Å². The van der Waals surface area contributed by atoms with Crippen LogP contribution in [-0.2, 0) is 16.2 Å². The van der Waals surface area contributed by atoms with Gasteiger partial charge in [-0.05, 0) is 224 Å². The second-order valence-electron chi connectivity index (χ2n) is 24.1. The van der Waals surface area contributed by atoms with E-state index in [0.29, 0.717) is 17.8 Å². The van der Waals surface area contributed by atoms with Crippen molar-refractivity contribution in [1.82, 2.24) is 0 Å². The Morgan fingerprint density at radius 2 is 0.587 bits per heavy atom. The van der Waals surface area contributed by atoms with Gasteiger partial charge < -0.3 is 31.4 Å². The van der Waals surface area contributed by atoms with Gasteiger partial charge in [-0.2, -0.15) is 0 Å². The minimum absolute atomic E-state index is 0.00721. The van der Waals surface area contributed by atoms with Crippen molar-refractivity contribution >= 4 is 17.1 Å². The molecule has 0 radical (unpaired) electrons. The van der Waals surface area contributed by atoms with E-state index in [0.717, 1.165) is 104 Å². The van der Waals surface area contributed by atoms with Crippen molar-refractivity contribution < 1.29 is 14.2 Å². The number of hydrogen-bond acceptors (Lipinski definition) is 6. The van der Waals surface area contributed by atoms with Gasteiger partial charge in [0.05, 0.1) is 0 Å². The number of hydrogen-bond donors (Lipinski definition) is 3. The van der Waals surface area contributed by atoms with E-state index in [4.69, 9.17) is 31.4 Å². The quantitative estimate of drug-likeness (QED) is 0.145. The Morgan fingerprint density at radius 1 is 0.349 bits per heavy atom. The van der Waals surface area contributed by atoms with Gasteiger partial charge in [0.2, 0.25) is 0 Å². The molecule has 330 valence electrons. The van der Waals surface area contributed by atoms with Crippen molar-refractivity contribution in [2.45, 2.75) is 153 Å². The van der Waals surface area contributed by atoms with Crippen molar-refractivity contribution in [2.24, 2.45) is 53.3 Å². The van der Waals surface area contributed by atoms with Crippen molar-refractivity contribution in [3.63, 3.8) is 0 Å². The number of rotatable bonds is 9. The molecule has 6 nitrogen and oxygen atoms in total. The van der Waals surface area contributed by atoms with Crippen LogP contribution in [-0.4, -0.2) is 0 Å². The molecule has 12 bridgehead atoms. The minimum atomic E-state index is -0.104. The summed E-state index contributed by atoms with van der Waals surface area (Å²) in [7, 11) is 0. The van der Waals surface area contributed by atoms with Crippen LogP contribution in [0.1, 0.15) is 149 Å². The summed E-state index contributed by atoms with van der Waals surface area (Å²) >= 11 is 0. The second-order valence-corrected chi connectivity index (χ2v) is 24.1. The minimum Gasteiger partial charge on any atom is -0.457 e. The molecular formula is C57H69N3O3. The molecule has 0 unspecified atom stereocenters. The fourth-order valence-corrected chi connectivity index (χ4v) is 18.1. The molecule has 6 heteroatoms. The highest BCUT2D eigenvalue weighted by atomic mass is 16.5. The van der Waals surface area contributed by atoms with Gasteiger partial charge in [-0.25, -0.2) is 0 Å². The molecule has 12 saturated carbocycles. The highest BCUT2D eigenvalue weighted by Gasteiger charge is 2.62. The van der Waals surface area contributed by atoms with E-state index < -0.39 is 0 Å². The van der Waals surface area contributed by atoms with Gasteiger partial charge in [-0.1, -0.05) is 18.2 Å². The van der Waals surface area contributed by atoms with E-state index in [1.54, 1.807) is 0 Å². The largest absolute Gasteiger partial charge is 0.457 e. The number of ether oxygens (including phenoxy) is 3. The summed E-state index contributed by atoms with van der Waals surface area (Å²) in [5, 5.41) is 0. The van der Waals surface area contributed by atoms with E-state index in [2.05, 4.69) is 69.3 Å². The number of benzene rings is 4. The lowest BCUT2D eigenvalue weighted by Crippen LogP contribution is -2.53. The predicted molar refractivity (Wildman–Crippen MR) is 253 cm³/mol. The average molecular weight is 844 g/mol. The van der Waals surface area contributed by atoms with Crippen LogP contribution in [0.3, 0.4) is 0 Å². The third-order valence-corrected chi connectivity index (χ3v) is 19.5. The standard InChI is InChI=1S/C57H69N3O3/c1-31-4-7-43(19-46(31)58)61-52-49(55-22-34-10-35(23-55)12-36(11-34)24-55)50(56-25-37-13-38(26-56)15-39(14-37)27-56)53(62-44-8-5-32(2)47(59)20-44)54(63-45-9-6-33(3)48(60)21-45)51(52)57-28-40-16-41(29-57)18-42(17-40)30-57/h4-9,19-21,34-42H,10-18,22-30,58-60H2,1-3H3. The van der Waals surface area contributed by atoms with Gasteiger partial charge in [0.25, 0.3) is 0 Å². The second kappa shape index (κ2) is 13.8. The monoisotopic (exact) mass is 844 g/mol. The topological polar surface area (TPSA) is 106 Å². The highest BCUT2D eigenvalue weighted by Crippen LogP contribution is 2.73. The summed E-state index contributed by atoms with van der Waals surface area (Å²) in [4.78, 5) is 0. The smallest absolute Gasteiger partial charge is 0.177 e. The van der Waals surface area contributed by atoms with E-state index >= 15 is 0 Å². The van der Waals surface area contributed by atoms with Gasteiger partial charge >= 0.3 is 0 Å². The van der Waals surface area contributed by atoms with Crippen LogP contribution < -0.4 is 31.4 Å². The maximum Gasteiger partial charge on any atom is 0.177 e. The zero-order chi connectivity index (χ0) is 42.6. The first kappa shape index (κ1) is 39.1. The Morgan fingerprint density at radius 3 is 0.873 bits per heavy atom. The van der Waals surface area contributed by atoms with Crippen LogP contribution in [0, 0.1) is 74.0 Å². The highest BCUT2D eigenvalue weighted by molar-refractivity contribution is 5.73. The first-order valence-electron chi connectivity index (χ1n) is 25.3. The number of nitrogens with two attached hydrogens (primary N) is 3. The number of aryl methyl sites for hydroxylation is 3. The Labute approximate surface area is 375 Å². The maximum atomic E-state index is 7.96. The molecule has 0 spiro atoms. The molecule has 0 atom stereocenters. The molecule has 0 amide bonds. The molecule has 6 N–H and O–H groups in total. The Bertz CT molecular complexity index is 2430. The molecule has 4 aromatic rings. The Kier molecular flexibility index (Phi) is 8.59. The molecule has 0 aliphatic heterocycles. The normalized spacial score (nSPS) is 37.5. The van der Waals surface area contributed by atoms with E-state index in [1.807, 2.05) is 6.07 Å².